The predicted octanol–water partition coefficient (Wildman–Crippen LogP) is 7.24. The van der Waals surface area contributed by atoms with Gasteiger partial charge in [-0.2, -0.15) is 0 Å². The third kappa shape index (κ3) is 4.70. The molecule has 0 spiro atoms. The van der Waals surface area contributed by atoms with Crippen molar-refractivity contribution in [2.24, 2.45) is 0 Å². The van der Waals surface area contributed by atoms with Crippen molar-refractivity contribution in [1.29, 1.82) is 0 Å². The second-order valence-electron chi connectivity index (χ2n) is 4.88. The molecule has 0 fully saturated rings. The first-order valence-electron chi connectivity index (χ1n) is 7.35. The molecule has 0 amide bonds. The van der Waals surface area contributed by atoms with Crippen molar-refractivity contribution < 1.29 is 31.5 Å². The molecular formula is C23H28IrN-. The van der Waals surface area contributed by atoms with E-state index in [9.17, 15) is 0 Å². The van der Waals surface area contributed by atoms with Crippen molar-refractivity contribution in [2.45, 2.75) is 0 Å². The fourth-order valence-electron chi connectivity index (χ4n) is 2.27. The second-order valence-corrected chi connectivity index (χ2v) is 4.88. The minimum Gasteiger partial charge on any atom is -0.304 e. The molecule has 3 aromatic rings. The summed E-state index contributed by atoms with van der Waals surface area (Å²) in [4.78, 5) is 4.51. The largest absolute Gasteiger partial charge is 0.304 e. The molecule has 0 aliphatic heterocycles. The molecule has 0 aliphatic rings. The van der Waals surface area contributed by atoms with Crippen LogP contribution >= 0.6 is 0 Å². The van der Waals surface area contributed by atoms with Crippen LogP contribution in [0.1, 0.15) is 17.0 Å². The molecule has 2 heteroatoms. The summed E-state index contributed by atoms with van der Waals surface area (Å²) in [5.41, 5.74) is 18.7. The molecule has 0 aliphatic carbocycles. The van der Waals surface area contributed by atoms with Gasteiger partial charge in [0.05, 0.1) is 0 Å². The van der Waals surface area contributed by atoms with Gasteiger partial charge in [-0.1, -0.05) is 41.3 Å². The van der Waals surface area contributed by atoms with Crippen LogP contribution in [0.15, 0.2) is 95.7 Å². The van der Waals surface area contributed by atoms with Crippen LogP contribution in [-0.2, 0) is 20.1 Å². The van der Waals surface area contributed by atoms with Gasteiger partial charge in [-0.15, -0.1) is 29.8 Å². The van der Waals surface area contributed by atoms with Gasteiger partial charge in [0.25, 0.3) is 0 Å². The van der Waals surface area contributed by atoms with Crippen molar-refractivity contribution in [3.05, 3.63) is 107 Å². The first-order valence-corrected chi connectivity index (χ1v) is 7.35. The van der Waals surface area contributed by atoms with Gasteiger partial charge in [0.1, 0.15) is 0 Å². The van der Waals surface area contributed by atoms with Gasteiger partial charge in [-0.25, -0.2) is 0 Å². The van der Waals surface area contributed by atoms with Gasteiger partial charge >= 0.3 is 0 Å². The fourth-order valence-corrected chi connectivity index (χ4v) is 2.27. The summed E-state index contributed by atoms with van der Waals surface area (Å²) in [5, 5.41) is 2.29. The molecule has 0 saturated heterocycles. The van der Waals surface area contributed by atoms with Crippen molar-refractivity contribution >= 4 is 16.8 Å². The van der Waals surface area contributed by atoms with Crippen LogP contribution in [0.4, 0.5) is 0 Å². The maximum atomic E-state index is 4.51. The normalized spacial score (nSPS) is 8.48. The molecule has 0 saturated carbocycles. The van der Waals surface area contributed by atoms with Gasteiger partial charge in [-0.3, -0.25) is 0 Å². The molecular weight excluding hydrogens is 482 g/mol. The van der Waals surface area contributed by atoms with Crippen LogP contribution in [-0.4, -0.2) is 4.98 Å². The minimum absolute atomic E-state index is 0. The smallest absolute Gasteiger partial charge is 0.0167 e. The summed E-state index contributed by atoms with van der Waals surface area (Å²) in [7, 11) is 0. The third-order valence-electron chi connectivity index (χ3n) is 3.35. The maximum absolute atomic E-state index is 4.51. The molecule has 3 rings (SSSR count). The molecule has 0 unspecified atom stereocenters. The number of hydrogen-bond acceptors (Lipinski definition) is 1. The number of nitrogens with zero attached hydrogens (tertiary/aromatic N) is 1. The van der Waals surface area contributed by atoms with E-state index in [1.54, 1.807) is 6.08 Å². The summed E-state index contributed by atoms with van der Waals surface area (Å²) < 4.78 is 0. The van der Waals surface area contributed by atoms with E-state index in [1.807, 2.05) is 42.6 Å². The van der Waals surface area contributed by atoms with E-state index in [0.29, 0.717) is 0 Å². The standard InChI is InChI=1S/C23H12N.Ir.8H2/c1-2-3-4-5-6-7-10-19-13-15-21(16-14-19)23-22-12-9-8-11-20(22)17-18-24-23;;;;;;;;;/h8-15,17-18H,1H2;;8*1H/q-1;;;;;;;;;. The molecule has 0 atom stereocenters. The van der Waals surface area contributed by atoms with Crippen molar-refractivity contribution in [2.75, 3.05) is 0 Å². The average Bonchev–Trinajstić information content (AvgIpc) is 2.65. The Morgan fingerprint density at radius 3 is 2.64 bits per heavy atom. The Balaban J connectivity index is -0.000000150. The van der Waals surface area contributed by atoms with Gasteiger partial charge in [0.15, 0.2) is 0 Å². The van der Waals surface area contributed by atoms with Crippen LogP contribution in [0, 0.1) is 6.07 Å². The van der Waals surface area contributed by atoms with Gasteiger partial charge in [0, 0.05) is 37.7 Å². The van der Waals surface area contributed by atoms with Crippen LogP contribution in [0.25, 0.3) is 28.1 Å². The number of benzene rings is 2. The average molecular weight is 511 g/mol. The molecule has 135 valence electrons. The van der Waals surface area contributed by atoms with Crippen LogP contribution < -0.4 is 0 Å². The Morgan fingerprint density at radius 2 is 1.84 bits per heavy atom. The Hall–Kier alpha value is -3.08. The molecule has 1 radical (unpaired) electrons. The number of fused-ring (bicyclic) bond motifs is 1. The Bertz CT molecular complexity index is 1140. The summed E-state index contributed by atoms with van der Waals surface area (Å²) in [6, 6.07) is 19.4. The van der Waals surface area contributed by atoms with E-state index in [2.05, 4.69) is 64.1 Å². The summed E-state index contributed by atoms with van der Waals surface area (Å²) in [6.45, 7) is 3.37. The summed E-state index contributed by atoms with van der Waals surface area (Å²) >= 11 is 0. The molecule has 0 bridgehead atoms. The van der Waals surface area contributed by atoms with Gasteiger partial charge in [-0.05, 0) is 58.1 Å². The molecule has 2 aromatic carbocycles. The minimum atomic E-state index is 0. The van der Waals surface area contributed by atoms with Gasteiger partial charge in [0.2, 0.25) is 0 Å². The summed E-state index contributed by atoms with van der Waals surface area (Å²) in [5.74, 6) is 0. The zero-order chi connectivity index (χ0) is 16.6. The molecule has 1 heterocycles. The number of rotatable bonds is 2. The van der Waals surface area contributed by atoms with E-state index in [4.69, 9.17) is 0 Å². The zero-order valence-corrected chi connectivity index (χ0v) is 15.7. The molecule has 1 nitrogen and oxygen atoms in total. The van der Waals surface area contributed by atoms with Crippen LogP contribution in [0.2, 0.25) is 0 Å². The van der Waals surface area contributed by atoms with Crippen LogP contribution in [0.5, 0.6) is 0 Å². The topological polar surface area (TPSA) is 12.9 Å². The van der Waals surface area contributed by atoms with E-state index in [-0.39, 0.29) is 31.5 Å². The fraction of sp³-hybridized carbons (Fsp3) is 0. The van der Waals surface area contributed by atoms with Gasteiger partial charge < -0.3 is 4.98 Å². The van der Waals surface area contributed by atoms with Crippen molar-refractivity contribution in [3.63, 3.8) is 0 Å². The number of pyridine rings is 1. The number of aromatic nitrogens is 1. The van der Waals surface area contributed by atoms with Crippen molar-refractivity contribution in [1.82, 2.24) is 4.98 Å². The zero-order valence-electron chi connectivity index (χ0n) is 13.3. The quantitative estimate of drug-likeness (QED) is 0.262. The Morgan fingerprint density at radius 1 is 1.00 bits per heavy atom. The second kappa shape index (κ2) is 9.27. The SMILES string of the molecule is C=C=C=C=C=C=C=Cc1c[c-]c(-c2nccc3ccccc23)cc1.[HH].[HH].[HH].[HH].[HH].[HH].[HH].[HH].[Ir]. The first-order chi connectivity index (χ1) is 11.9. The monoisotopic (exact) mass is 511 g/mol. The van der Waals surface area contributed by atoms with Crippen LogP contribution in [0.3, 0.4) is 0 Å². The maximum Gasteiger partial charge on any atom is 0.0167 e. The third-order valence-corrected chi connectivity index (χ3v) is 3.35. The number of hydrogen-bond donors (Lipinski definition) is 0. The molecule has 1 aromatic heterocycles. The van der Waals surface area contributed by atoms with E-state index < -0.39 is 0 Å². The van der Waals surface area contributed by atoms with E-state index in [1.165, 1.54) is 5.39 Å². The molecule has 25 heavy (non-hydrogen) atoms. The van der Waals surface area contributed by atoms with E-state index in [0.717, 1.165) is 22.2 Å². The van der Waals surface area contributed by atoms with E-state index >= 15 is 0 Å². The van der Waals surface area contributed by atoms with Crippen molar-refractivity contribution in [3.8, 4) is 11.3 Å². The molecule has 0 N–H and O–H groups in total. The summed E-state index contributed by atoms with van der Waals surface area (Å²) in [6.07, 6.45) is 3.62. The predicted molar refractivity (Wildman–Crippen MR) is 114 cm³/mol. The Kier molecular flexibility index (Phi) is 6.77. The first kappa shape index (κ1) is 18.3. The Labute approximate surface area is 172 Å².